The molecule has 0 saturated carbocycles. The standard InChI is InChI=1S/C16H24N4O/c1-11-14-10-20(3)12(2)15(14)16(19-18-11)17-8-7-13-6-4-5-9-21-13/h10,13H,4-9H2,1-3H3,(H,17,19). The molecule has 1 aliphatic heterocycles. The van der Waals surface area contributed by atoms with Crippen LogP contribution in [-0.2, 0) is 11.8 Å². The smallest absolute Gasteiger partial charge is 0.158 e. The van der Waals surface area contributed by atoms with Gasteiger partial charge in [0.25, 0.3) is 0 Å². The average molecular weight is 288 g/mol. The van der Waals surface area contributed by atoms with Gasteiger partial charge in [-0.05, 0) is 39.5 Å². The molecule has 0 bridgehead atoms. The molecule has 1 fully saturated rings. The molecule has 2 aromatic rings. The number of aromatic nitrogens is 3. The second kappa shape index (κ2) is 6.02. The minimum Gasteiger partial charge on any atom is -0.378 e. The van der Waals surface area contributed by atoms with Gasteiger partial charge < -0.3 is 14.6 Å². The van der Waals surface area contributed by atoms with Crippen LogP contribution < -0.4 is 5.32 Å². The molecule has 5 heteroatoms. The molecule has 5 nitrogen and oxygen atoms in total. The van der Waals surface area contributed by atoms with Crippen molar-refractivity contribution in [2.24, 2.45) is 7.05 Å². The van der Waals surface area contributed by atoms with Crippen molar-refractivity contribution >= 4 is 16.6 Å². The minimum atomic E-state index is 0.400. The van der Waals surface area contributed by atoms with Gasteiger partial charge in [-0.15, -0.1) is 5.10 Å². The molecule has 3 rings (SSSR count). The van der Waals surface area contributed by atoms with Gasteiger partial charge in [-0.3, -0.25) is 0 Å². The van der Waals surface area contributed by atoms with Gasteiger partial charge in [0.05, 0.1) is 11.8 Å². The first-order chi connectivity index (χ1) is 10.2. The van der Waals surface area contributed by atoms with Crippen LogP contribution in [0.4, 0.5) is 5.82 Å². The first kappa shape index (κ1) is 14.3. The number of ether oxygens (including phenoxy) is 1. The maximum Gasteiger partial charge on any atom is 0.158 e. The molecular formula is C16H24N4O. The van der Waals surface area contributed by atoms with Crippen LogP contribution in [0.1, 0.15) is 37.1 Å². The summed E-state index contributed by atoms with van der Waals surface area (Å²) in [6, 6.07) is 0. The van der Waals surface area contributed by atoms with E-state index >= 15 is 0 Å². The van der Waals surface area contributed by atoms with Crippen LogP contribution in [-0.4, -0.2) is 34.0 Å². The maximum atomic E-state index is 5.77. The highest BCUT2D eigenvalue weighted by Crippen LogP contribution is 2.27. The lowest BCUT2D eigenvalue weighted by molar-refractivity contribution is 0.0134. The Morgan fingerprint density at radius 3 is 2.95 bits per heavy atom. The summed E-state index contributed by atoms with van der Waals surface area (Å²) >= 11 is 0. The highest BCUT2D eigenvalue weighted by atomic mass is 16.5. The summed E-state index contributed by atoms with van der Waals surface area (Å²) < 4.78 is 7.91. The Balaban J connectivity index is 1.73. The van der Waals surface area contributed by atoms with Crippen LogP contribution in [0.2, 0.25) is 0 Å². The van der Waals surface area contributed by atoms with E-state index in [1.54, 1.807) is 0 Å². The molecule has 21 heavy (non-hydrogen) atoms. The van der Waals surface area contributed by atoms with E-state index in [0.717, 1.165) is 31.1 Å². The third-order valence-corrected chi connectivity index (χ3v) is 4.44. The zero-order valence-corrected chi connectivity index (χ0v) is 13.1. The third-order valence-electron chi connectivity index (χ3n) is 4.44. The number of hydrogen-bond donors (Lipinski definition) is 1. The van der Waals surface area contributed by atoms with Gasteiger partial charge >= 0.3 is 0 Å². The van der Waals surface area contributed by atoms with E-state index in [-0.39, 0.29) is 0 Å². The molecule has 2 aromatic heterocycles. The van der Waals surface area contributed by atoms with Crippen molar-refractivity contribution in [2.75, 3.05) is 18.5 Å². The summed E-state index contributed by atoms with van der Waals surface area (Å²) in [4.78, 5) is 0. The van der Waals surface area contributed by atoms with E-state index < -0.39 is 0 Å². The summed E-state index contributed by atoms with van der Waals surface area (Å²) in [5, 5.41) is 14.4. The van der Waals surface area contributed by atoms with Gasteiger partial charge in [-0.2, -0.15) is 5.10 Å². The SMILES string of the molecule is Cc1nnc(NCCC2CCCCO2)c2c(C)n(C)cc12. The molecule has 1 atom stereocenters. The number of nitrogens with one attached hydrogen (secondary N) is 1. The van der Waals surface area contributed by atoms with Crippen LogP contribution in [0, 0.1) is 13.8 Å². The van der Waals surface area contributed by atoms with E-state index in [9.17, 15) is 0 Å². The number of nitrogens with zero attached hydrogens (tertiary/aromatic N) is 3. The van der Waals surface area contributed by atoms with Gasteiger partial charge in [-0.25, -0.2) is 0 Å². The largest absolute Gasteiger partial charge is 0.378 e. The molecule has 3 heterocycles. The number of fused-ring (bicyclic) bond motifs is 1. The minimum absolute atomic E-state index is 0.400. The van der Waals surface area contributed by atoms with Gasteiger partial charge in [0.1, 0.15) is 0 Å². The van der Waals surface area contributed by atoms with Crippen LogP contribution in [0.25, 0.3) is 10.8 Å². The van der Waals surface area contributed by atoms with Gasteiger partial charge in [0.15, 0.2) is 5.82 Å². The van der Waals surface area contributed by atoms with Gasteiger partial charge in [0.2, 0.25) is 0 Å². The molecular weight excluding hydrogens is 264 g/mol. The molecule has 114 valence electrons. The zero-order valence-electron chi connectivity index (χ0n) is 13.1. The fourth-order valence-corrected chi connectivity index (χ4v) is 3.04. The van der Waals surface area contributed by atoms with Crippen molar-refractivity contribution in [1.29, 1.82) is 0 Å². The fraction of sp³-hybridized carbons (Fsp3) is 0.625. The Kier molecular flexibility index (Phi) is 4.10. The molecule has 0 spiro atoms. The van der Waals surface area contributed by atoms with Crippen molar-refractivity contribution in [1.82, 2.24) is 14.8 Å². The third kappa shape index (κ3) is 2.88. The zero-order chi connectivity index (χ0) is 14.8. The predicted molar refractivity (Wildman–Crippen MR) is 84.7 cm³/mol. The quantitative estimate of drug-likeness (QED) is 0.939. The van der Waals surface area contributed by atoms with Crippen LogP contribution >= 0.6 is 0 Å². The molecule has 0 aromatic carbocycles. The summed E-state index contributed by atoms with van der Waals surface area (Å²) in [5.74, 6) is 0.893. The lowest BCUT2D eigenvalue weighted by Crippen LogP contribution is -2.22. The number of rotatable bonds is 4. The molecule has 0 aliphatic carbocycles. The second-order valence-electron chi connectivity index (χ2n) is 5.95. The monoisotopic (exact) mass is 288 g/mol. The summed E-state index contributed by atoms with van der Waals surface area (Å²) in [6.45, 7) is 5.93. The summed E-state index contributed by atoms with van der Waals surface area (Å²) in [6.07, 6.45) is 7.24. The lowest BCUT2D eigenvalue weighted by atomic mass is 10.1. The Morgan fingerprint density at radius 2 is 2.19 bits per heavy atom. The van der Waals surface area contributed by atoms with Crippen molar-refractivity contribution < 1.29 is 4.74 Å². The average Bonchev–Trinajstić information content (AvgIpc) is 2.80. The number of hydrogen-bond acceptors (Lipinski definition) is 4. The van der Waals surface area contributed by atoms with Crippen LogP contribution in [0.3, 0.4) is 0 Å². The van der Waals surface area contributed by atoms with Crippen molar-refractivity contribution in [3.63, 3.8) is 0 Å². The van der Waals surface area contributed by atoms with Gasteiger partial charge in [0, 0.05) is 42.9 Å². The molecule has 1 aliphatic rings. The van der Waals surface area contributed by atoms with Crippen molar-refractivity contribution in [2.45, 2.75) is 45.6 Å². The topological polar surface area (TPSA) is 52.0 Å². The summed E-state index contributed by atoms with van der Waals surface area (Å²) in [5.41, 5.74) is 2.20. The molecule has 1 N–H and O–H groups in total. The Labute approximate surface area is 125 Å². The van der Waals surface area contributed by atoms with E-state index in [4.69, 9.17) is 4.74 Å². The van der Waals surface area contributed by atoms with Crippen LogP contribution in [0.5, 0.6) is 0 Å². The Bertz CT molecular complexity index is 629. The molecule has 0 amide bonds. The van der Waals surface area contributed by atoms with E-state index in [1.165, 1.54) is 35.7 Å². The maximum absolute atomic E-state index is 5.77. The normalized spacial score (nSPS) is 19.1. The Hall–Kier alpha value is -1.62. The molecule has 1 unspecified atom stereocenters. The van der Waals surface area contributed by atoms with E-state index in [2.05, 4.69) is 40.2 Å². The first-order valence-corrected chi connectivity index (χ1v) is 7.81. The molecule has 1 saturated heterocycles. The highest BCUT2D eigenvalue weighted by Gasteiger charge is 2.15. The Morgan fingerprint density at radius 1 is 1.33 bits per heavy atom. The number of aryl methyl sites for hydroxylation is 3. The van der Waals surface area contributed by atoms with E-state index in [0.29, 0.717) is 6.10 Å². The molecule has 0 radical (unpaired) electrons. The second-order valence-corrected chi connectivity index (χ2v) is 5.95. The number of anilines is 1. The van der Waals surface area contributed by atoms with E-state index in [1.807, 2.05) is 6.92 Å². The predicted octanol–water partition coefficient (Wildman–Crippen LogP) is 2.96. The summed E-state index contributed by atoms with van der Waals surface area (Å²) in [7, 11) is 2.06. The van der Waals surface area contributed by atoms with Gasteiger partial charge in [-0.1, -0.05) is 0 Å². The van der Waals surface area contributed by atoms with Crippen molar-refractivity contribution in [3.8, 4) is 0 Å². The first-order valence-electron chi connectivity index (χ1n) is 7.81. The van der Waals surface area contributed by atoms with Crippen molar-refractivity contribution in [3.05, 3.63) is 17.6 Å². The fourth-order valence-electron chi connectivity index (χ4n) is 3.04. The highest BCUT2D eigenvalue weighted by molar-refractivity contribution is 5.95. The van der Waals surface area contributed by atoms with Crippen LogP contribution in [0.15, 0.2) is 6.20 Å². The lowest BCUT2D eigenvalue weighted by Gasteiger charge is -2.22.